The second-order valence-electron chi connectivity index (χ2n) is 11.1. The van der Waals surface area contributed by atoms with Crippen molar-refractivity contribution in [1.29, 1.82) is 0 Å². The Kier molecular flexibility index (Phi) is 9.44. The second kappa shape index (κ2) is 13.1. The molecule has 1 saturated carbocycles. The van der Waals surface area contributed by atoms with E-state index in [4.69, 9.17) is 9.47 Å². The quantitative estimate of drug-likeness (QED) is 0.339. The molecule has 2 fully saturated rings. The van der Waals surface area contributed by atoms with E-state index in [1.807, 2.05) is 6.07 Å². The van der Waals surface area contributed by atoms with Crippen molar-refractivity contribution < 1.29 is 31.1 Å². The minimum atomic E-state index is -4.42. The fourth-order valence-corrected chi connectivity index (χ4v) is 6.57. The number of alkyl halides is 3. The van der Waals surface area contributed by atoms with Gasteiger partial charge in [0.15, 0.2) is 9.84 Å². The average Bonchev–Trinajstić information content (AvgIpc) is 3.32. The number of anilines is 2. The van der Waals surface area contributed by atoms with Crippen LogP contribution in [0.15, 0.2) is 47.4 Å². The Labute approximate surface area is 250 Å². The number of halogens is 3. The third-order valence-corrected chi connectivity index (χ3v) is 9.20. The van der Waals surface area contributed by atoms with Crippen molar-refractivity contribution in [2.75, 3.05) is 56.8 Å². The SMILES string of the molecule is COc1cc(S(C)(=O)=O)ccc1NCC#Cc1cc2c(NC3CCC(N4CCOCC4)CC3)cccc2n1CC(F)(F)F. The predicted octanol–water partition coefficient (Wildman–Crippen LogP) is 5.13. The van der Waals surface area contributed by atoms with Crippen molar-refractivity contribution in [1.82, 2.24) is 9.47 Å². The van der Waals surface area contributed by atoms with Gasteiger partial charge in [0.2, 0.25) is 0 Å². The lowest BCUT2D eigenvalue weighted by molar-refractivity contribution is -0.140. The fourth-order valence-electron chi connectivity index (χ4n) is 5.93. The minimum absolute atomic E-state index is 0.111. The average molecular weight is 619 g/mol. The highest BCUT2D eigenvalue weighted by Crippen LogP contribution is 2.33. The molecule has 1 aliphatic carbocycles. The van der Waals surface area contributed by atoms with Crippen molar-refractivity contribution in [2.45, 2.75) is 55.4 Å². The first kappa shape index (κ1) is 31.0. The molecule has 232 valence electrons. The fraction of sp³-hybridized carbons (Fsp3) is 0.484. The van der Waals surface area contributed by atoms with E-state index in [1.54, 1.807) is 24.3 Å². The van der Waals surface area contributed by atoms with Crippen molar-refractivity contribution in [3.05, 3.63) is 48.2 Å². The highest BCUT2D eigenvalue weighted by molar-refractivity contribution is 7.90. The molecule has 3 aromatic rings. The molecule has 0 atom stereocenters. The standard InChI is InChI=1S/C31H37F3N4O4S/c1-41-30-20-25(43(2,39)40)12-13-28(30)35-14-4-5-24-19-26-27(6-3-7-29(26)38(24)21-31(32,33)34)36-22-8-10-23(11-9-22)37-15-17-42-18-16-37/h3,6-7,12-13,19-20,22-23,35-36H,8-11,14-18,21H2,1-2H3. The number of hydrogen-bond donors (Lipinski definition) is 2. The number of methoxy groups -OCH3 is 1. The van der Waals surface area contributed by atoms with Gasteiger partial charge in [-0.25, -0.2) is 8.42 Å². The van der Waals surface area contributed by atoms with Gasteiger partial charge in [0, 0.05) is 48.6 Å². The Hall–Kier alpha value is -3.40. The third kappa shape index (κ3) is 7.77. The predicted molar refractivity (Wildman–Crippen MR) is 162 cm³/mol. The summed E-state index contributed by atoms with van der Waals surface area (Å²) < 4.78 is 76.6. The Balaban J connectivity index is 1.33. The molecule has 1 saturated heterocycles. The zero-order valence-electron chi connectivity index (χ0n) is 24.3. The lowest BCUT2D eigenvalue weighted by atomic mass is 9.89. The molecule has 1 aliphatic heterocycles. The summed E-state index contributed by atoms with van der Waals surface area (Å²) in [4.78, 5) is 2.63. The smallest absolute Gasteiger partial charge is 0.406 e. The monoisotopic (exact) mass is 618 g/mol. The van der Waals surface area contributed by atoms with Crippen molar-refractivity contribution in [2.24, 2.45) is 0 Å². The van der Waals surface area contributed by atoms with E-state index in [9.17, 15) is 21.6 Å². The zero-order chi connectivity index (χ0) is 30.6. The summed E-state index contributed by atoms with van der Waals surface area (Å²) in [5, 5.41) is 7.38. The number of ether oxygens (including phenoxy) is 2. The number of hydrogen-bond acceptors (Lipinski definition) is 7. The minimum Gasteiger partial charge on any atom is -0.495 e. The van der Waals surface area contributed by atoms with E-state index in [0.717, 1.165) is 63.9 Å². The summed E-state index contributed by atoms with van der Waals surface area (Å²) in [6.07, 6.45) is 0.834. The van der Waals surface area contributed by atoms with Gasteiger partial charge in [-0.05, 0) is 61.9 Å². The largest absolute Gasteiger partial charge is 0.495 e. The molecule has 0 unspecified atom stereocenters. The van der Waals surface area contributed by atoms with Gasteiger partial charge in [-0.2, -0.15) is 13.2 Å². The van der Waals surface area contributed by atoms with Crippen LogP contribution in [-0.4, -0.2) is 82.4 Å². The number of fused-ring (bicyclic) bond motifs is 1. The molecule has 2 heterocycles. The Morgan fingerprint density at radius 3 is 2.47 bits per heavy atom. The van der Waals surface area contributed by atoms with E-state index >= 15 is 0 Å². The van der Waals surface area contributed by atoms with Gasteiger partial charge in [0.05, 0.1) is 48.7 Å². The van der Waals surface area contributed by atoms with Crippen LogP contribution in [0.5, 0.6) is 5.75 Å². The van der Waals surface area contributed by atoms with Crippen molar-refractivity contribution >= 4 is 32.1 Å². The number of benzene rings is 2. The van der Waals surface area contributed by atoms with E-state index in [2.05, 4.69) is 27.4 Å². The molecule has 12 heteroatoms. The number of morpholine rings is 1. The number of aromatic nitrogens is 1. The lowest BCUT2D eigenvalue weighted by Crippen LogP contribution is -2.46. The number of sulfone groups is 1. The molecular weight excluding hydrogens is 581 g/mol. The van der Waals surface area contributed by atoms with Gasteiger partial charge >= 0.3 is 6.18 Å². The summed E-state index contributed by atoms with van der Waals surface area (Å²) in [6, 6.07) is 12.4. The van der Waals surface area contributed by atoms with Crippen LogP contribution in [0.25, 0.3) is 10.9 Å². The third-order valence-electron chi connectivity index (χ3n) is 8.09. The number of nitrogens with one attached hydrogen (secondary N) is 2. The summed E-state index contributed by atoms with van der Waals surface area (Å²) in [5.74, 6) is 6.15. The first-order valence-electron chi connectivity index (χ1n) is 14.4. The lowest BCUT2D eigenvalue weighted by Gasteiger charge is -2.39. The Morgan fingerprint density at radius 2 is 1.79 bits per heavy atom. The molecule has 2 aromatic carbocycles. The van der Waals surface area contributed by atoms with Gasteiger partial charge in [-0.1, -0.05) is 12.0 Å². The molecule has 8 nitrogen and oxygen atoms in total. The summed E-state index contributed by atoms with van der Waals surface area (Å²) in [7, 11) is -1.98. The van der Waals surface area contributed by atoms with Gasteiger partial charge in [-0.3, -0.25) is 4.90 Å². The van der Waals surface area contributed by atoms with Crippen LogP contribution in [0.3, 0.4) is 0 Å². The molecule has 5 rings (SSSR count). The maximum absolute atomic E-state index is 13.6. The number of nitrogens with zero attached hydrogens (tertiary/aromatic N) is 2. The molecule has 0 bridgehead atoms. The molecule has 43 heavy (non-hydrogen) atoms. The highest BCUT2D eigenvalue weighted by Gasteiger charge is 2.31. The second-order valence-corrected chi connectivity index (χ2v) is 13.1. The van der Waals surface area contributed by atoms with Crippen molar-refractivity contribution in [3.8, 4) is 17.6 Å². The van der Waals surface area contributed by atoms with Gasteiger partial charge in [-0.15, -0.1) is 0 Å². The normalized spacial score (nSPS) is 19.9. The summed E-state index contributed by atoms with van der Waals surface area (Å²) >= 11 is 0. The van der Waals surface area contributed by atoms with E-state index < -0.39 is 22.6 Å². The van der Waals surface area contributed by atoms with Crippen LogP contribution < -0.4 is 15.4 Å². The maximum Gasteiger partial charge on any atom is 0.406 e. The van der Waals surface area contributed by atoms with Crippen LogP contribution in [0.2, 0.25) is 0 Å². The zero-order valence-corrected chi connectivity index (χ0v) is 25.2. The van der Waals surface area contributed by atoms with Crippen LogP contribution in [-0.2, 0) is 21.1 Å². The van der Waals surface area contributed by atoms with E-state index in [1.165, 1.54) is 23.8 Å². The van der Waals surface area contributed by atoms with E-state index in [-0.39, 0.29) is 23.2 Å². The molecule has 0 radical (unpaired) electrons. The molecule has 2 aliphatic rings. The van der Waals surface area contributed by atoms with Crippen LogP contribution in [0, 0.1) is 11.8 Å². The molecule has 2 N–H and O–H groups in total. The van der Waals surface area contributed by atoms with Gasteiger partial charge < -0.3 is 24.7 Å². The van der Waals surface area contributed by atoms with Crippen LogP contribution >= 0.6 is 0 Å². The van der Waals surface area contributed by atoms with Gasteiger partial charge in [0.1, 0.15) is 12.3 Å². The molecule has 1 aromatic heterocycles. The topological polar surface area (TPSA) is 84.8 Å². The van der Waals surface area contributed by atoms with Crippen LogP contribution in [0.1, 0.15) is 31.4 Å². The van der Waals surface area contributed by atoms with Gasteiger partial charge in [0.25, 0.3) is 0 Å². The first-order chi connectivity index (χ1) is 20.5. The van der Waals surface area contributed by atoms with Crippen LogP contribution in [0.4, 0.5) is 24.5 Å². The highest BCUT2D eigenvalue weighted by atomic mass is 32.2. The number of rotatable bonds is 8. The molecular formula is C31H37F3N4O4S. The maximum atomic E-state index is 13.6. The summed E-state index contributed by atoms with van der Waals surface area (Å²) in [6.45, 7) is 2.46. The first-order valence-corrected chi connectivity index (χ1v) is 16.3. The van der Waals surface area contributed by atoms with E-state index in [0.29, 0.717) is 28.4 Å². The molecule has 0 spiro atoms. The molecule has 0 amide bonds. The summed E-state index contributed by atoms with van der Waals surface area (Å²) in [5.41, 5.74) is 2.07. The Bertz CT molecular complexity index is 1600. The van der Waals surface area contributed by atoms with Crippen molar-refractivity contribution in [3.63, 3.8) is 0 Å². The Morgan fingerprint density at radius 1 is 1.05 bits per heavy atom.